The summed E-state index contributed by atoms with van der Waals surface area (Å²) in [5.41, 5.74) is 1.27. The first-order valence-corrected chi connectivity index (χ1v) is 17.2. The summed E-state index contributed by atoms with van der Waals surface area (Å²) >= 11 is 6.15. The topological polar surface area (TPSA) is 86.8 Å². The highest BCUT2D eigenvalue weighted by atomic mass is 35.5. The second-order valence-corrected chi connectivity index (χ2v) is 13.8. The van der Waals surface area contributed by atoms with Gasteiger partial charge in [-0.2, -0.15) is 0 Å². The molecule has 5 rings (SSSR count). The fourth-order valence-electron chi connectivity index (χ4n) is 5.77. The predicted octanol–water partition coefficient (Wildman–Crippen LogP) is 6.76. The van der Waals surface area contributed by atoms with Gasteiger partial charge in [0.1, 0.15) is 18.4 Å². The Morgan fingerprint density at radius 3 is 2.07 bits per heavy atom. The molecule has 0 aromatic heterocycles. The van der Waals surface area contributed by atoms with E-state index in [9.17, 15) is 18.0 Å². The second kappa shape index (κ2) is 15.4. The summed E-state index contributed by atoms with van der Waals surface area (Å²) in [6.07, 6.45) is 5.04. The maximum absolute atomic E-state index is 15.2. The number of carbonyl (C=O) groups excluding carboxylic acids is 2. The summed E-state index contributed by atoms with van der Waals surface area (Å²) < 4.78 is 44.0. The lowest BCUT2D eigenvalue weighted by Crippen LogP contribution is -2.55. The molecule has 1 atom stereocenters. The average Bonchev–Trinajstić information content (AvgIpc) is 3.07. The number of nitrogens with one attached hydrogen (secondary N) is 1. The molecule has 1 fully saturated rings. The SMILES string of the molecule is O=C(NC1CCCCC1)[C@@H](Cc1ccccc1)N(Cc1ccc(Cl)cc1)C(=O)CN(c1ccccc1F)S(=O)(=O)c1ccccc1. The zero-order chi connectivity index (χ0) is 32.5. The molecule has 0 spiro atoms. The van der Waals surface area contributed by atoms with Gasteiger partial charge in [-0.25, -0.2) is 12.8 Å². The minimum Gasteiger partial charge on any atom is -0.352 e. The largest absolute Gasteiger partial charge is 0.352 e. The number of carbonyl (C=O) groups is 2. The van der Waals surface area contributed by atoms with Crippen molar-refractivity contribution >= 4 is 39.1 Å². The van der Waals surface area contributed by atoms with Gasteiger partial charge in [0.05, 0.1) is 10.6 Å². The molecule has 4 aromatic carbocycles. The molecule has 4 aromatic rings. The van der Waals surface area contributed by atoms with Crippen molar-refractivity contribution in [1.82, 2.24) is 10.2 Å². The summed E-state index contributed by atoms with van der Waals surface area (Å²) in [7, 11) is -4.38. The molecule has 46 heavy (non-hydrogen) atoms. The molecule has 0 saturated heterocycles. The van der Waals surface area contributed by atoms with Gasteiger partial charge in [-0.1, -0.05) is 104 Å². The Bertz CT molecular complexity index is 1720. The normalized spacial score (nSPS) is 14.3. The molecule has 1 N–H and O–H groups in total. The van der Waals surface area contributed by atoms with Crippen molar-refractivity contribution in [2.45, 2.75) is 62.0 Å². The van der Waals surface area contributed by atoms with E-state index in [2.05, 4.69) is 5.32 Å². The molecule has 1 aliphatic carbocycles. The number of hydrogen-bond acceptors (Lipinski definition) is 4. The van der Waals surface area contributed by atoms with E-state index < -0.39 is 34.3 Å². The maximum atomic E-state index is 15.2. The Hall–Kier alpha value is -4.21. The van der Waals surface area contributed by atoms with Crippen LogP contribution in [0.3, 0.4) is 0 Å². The Morgan fingerprint density at radius 1 is 0.804 bits per heavy atom. The van der Waals surface area contributed by atoms with Crippen molar-refractivity contribution < 1.29 is 22.4 Å². The van der Waals surface area contributed by atoms with Crippen LogP contribution in [0.25, 0.3) is 0 Å². The summed E-state index contributed by atoms with van der Waals surface area (Å²) in [5, 5.41) is 3.69. The van der Waals surface area contributed by atoms with Gasteiger partial charge in [-0.05, 0) is 60.4 Å². The number of anilines is 1. The number of benzene rings is 4. The molecule has 1 aliphatic rings. The fraction of sp³-hybridized carbons (Fsp3) is 0.278. The van der Waals surface area contributed by atoms with Crippen LogP contribution < -0.4 is 9.62 Å². The van der Waals surface area contributed by atoms with Crippen molar-refractivity contribution in [3.8, 4) is 0 Å². The smallest absolute Gasteiger partial charge is 0.264 e. The van der Waals surface area contributed by atoms with E-state index in [0.717, 1.165) is 48.0 Å². The number of sulfonamides is 1. The van der Waals surface area contributed by atoms with Crippen LogP contribution in [0.4, 0.5) is 10.1 Å². The molecule has 0 radical (unpaired) electrons. The lowest BCUT2D eigenvalue weighted by Gasteiger charge is -2.35. The molecule has 0 bridgehead atoms. The maximum Gasteiger partial charge on any atom is 0.264 e. The van der Waals surface area contributed by atoms with Crippen molar-refractivity contribution in [1.29, 1.82) is 0 Å². The molecule has 240 valence electrons. The van der Waals surface area contributed by atoms with Gasteiger partial charge in [0.25, 0.3) is 10.0 Å². The van der Waals surface area contributed by atoms with Gasteiger partial charge in [0, 0.05) is 24.0 Å². The van der Waals surface area contributed by atoms with Gasteiger partial charge in [-0.15, -0.1) is 0 Å². The van der Waals surface area contributed by atoms with E-state index in [1.165, 1.54) is 35.2 Å². The molecular weight excluding hydrogens is 625 g/mol. The Kier molecular flexibility index (Phi) is 11.1. The predicted molar refractivity (Wildman–Crippen MR) is 178 cm³/mol. The van der Waals surface area contributed by atoms with Crippen molar-refractivity contribution in [2.24, 2.45) is 0 Å². The number of para-hydroxylation sites is 1. The van der Waals surface area contributed by atoms with Crippen LogP contribution in [0.1, 0.15) is 43.2 Å². The first kappa shape index (κ1) is 33.2. The highest BCUT2D eigenvalue weighted by Gasteiger charge is 2.36. The van der Waals surface area contributed by atoms with Crippen LogP contribution in [0.2, 0.25) is 5.02 Å². The zero-order valence-corrected chi connectivity index (χ0v) is 27.0. The second-order valence-electron chi connectivity index (χ2n) is 11.5. The van der Waals surface area contributed by atoms with E-state index in [1.54, 1.807) is 42.5 Å². The summed E-state index contributed by atoms with van der Waals surface area (Å²) in [5.74, 6) is -1.77. The fourth-order valence-corrected chi connectivity index (χ4v) is 7.34. The highest BCUT2D eigenvalue weighted by Crippen LogP contribution is 2.27. The standard InChI is InChI=1S/C36H37ClFN3O4S/c37-29-22-20-28(21-23-29)25-40(34(24-27-12-4-1-5-13-27)36(43)39-30-14-6-2-7-15-30)35(42)26-41(33-19-11-10-18-32(33)38)46(44,45)31-16-8-3-9-17-31/h1,3-5,8-13,16-23,30,34H,2,6-7,14-15,24-26H2,(H,39,43)/t34-/m1/s1. The Morgan fingerprint density at radius 2 is 1.41 bits per heavy atom. The van der Waals surface area contributed by atoms with Gasteiger partial charge < -0.3 is 10.2 Å². The van der Waals surface area contributed by atoms with Crippen LogP contribution in [0.15, 0.2) is 114 Å². The summed E-state index contributed by atoms with van der Waals surface area (Å²) in [6.45, 7) is -0.726. The molecule has 10 heteroatoms. The van der Waals surface area contributed by atoms with Gasteiger partial charge in [0.2, 0.25) is 11.8 Å². The van der Waals surface area contributed by atoms with Crippen LogP contribution in [-0.2, 0) is 32.6 Å². The minimum atomic E-state index is -4.38. The van der Waals surface area contributed by atoms with Crippen LogP contribution >= 0.6 is 11.6 Å². The first-order chi connectivity index (χ1) is 22.2. The van der Waals surface area contributed by atoms with E-state index in [1.807, 2.05) is 30.3 Å². The molecular formula is C36H37ClFN3O4S. The molecule has 1 saturated carbocycles. The lowest BCUT2D eigenvalue weighted by molar-refractivity contribution is -0.140. The zero-order valence-electron chi connectivity index (χ0n) is 25.4. The number of hydrogen-bond donors (Lipinski definition) is 1. The number of halogens is 2. The number of nitrogens with zero attached hydrogens (tertiary/aromatic N) is 2. The third kappa shape index (κ3) is 8.33. The molecule has 0 heterocycles. The molecule has 2 amide bonds. The van der Waals surface area contributed by atoms with Crippen LogP contribution in [-0.4, -0.2) is 43.8 Å². The summed E-state index contributed by atoms with van der Waals surface area (Å²) in [6, 6.07) is 28.3. The molecule has 7 nitrogen and oxygen atoms in total. The van der Waals surface area contributed by atoms with Crippen molar-refractivity contribution in [3.05, 3.63) is 131 Å². The highest BCUT2D eigenvalue weighted by molar-refractivity contribution is 7.92. The van der Waals surface area contributed by atoms with E-state index >= 15 is 4.39 Å². The van der Waals surface area contributed by atoms with Crippen molar-refractivity contribution in [2.75, 3.05) is 10.8 Å². The average molecular weight is 662 g/mol. The van der Waals surface area contributed by atoms with Gasteiger partial charge in [-0.3, -0.25) is 13.9 Å². The monoisotopic (exact) mass is 661 g/mol. The van der Waals surface area contributed by atoms with Gasteiger partial charge >= 0.3 is 0 Å². The Labute approximate surface area is 275 Å². The minimum absolute atomic E-state index is 0.00207. The molecule has 0 unspecified atom stereocenters. The van der Waals surface area contributed by atoms with Crippen molar-refractivity contribution in [3.63, 3.8) is 0 Å². The number of rotatable bonds is 12. The van der Waals surface area contributed by atoms with Crippen LogP contribution in [0, 0.1) is 5.82 Å². The summed E-state index contributed by atoms with van der Waals surface area (Å²) in [4.78, 5) is 29.9. The lowest BCUT2D eigenvalue weighted by atomic mass is 9.94. The third-order valence-corrected chi connectivity index (χ3v) is 10.2. The van der Waals surface area contributed by atoms with Gasteiger partial charge in [0.15, 0.2) is 0 Å². The van der Waals surface area contributed by atoms with Crippen LogP contribution in [0.5, 0.6) is 0 Å². The number of amides is 2. The van der Waals surface area contributed by atoms with E-state index in [4.69, 9.17) is 11.6 Å². The van der Waals surface area contributed by atoms with E-state index in [-0.39, 0.29) is 35.5 Å². The molecule has 0 aliphatic heterocycles. The van der Waals surface area contributed by atoms with E-state index in [0.29, 0.717) is 10.6 Å². The Balaban J connectivity index is 1.56. The third-order valence-electron chi connectivity index (χ3n) is 8.22. The quantitative estimate of drug-likeness (QED) is 0.182. The first-order valence-electron chi connectivity index (χ1n) is 15.4.